The number of halogens is 1. The molecule has 0 bridgehead atoms. The summed E-state index contributed by atoms with van der Waals surface area (Å²) in [5, 5.41) is 11.8. The number of benzene rings is 2. The number of carbonyl (C=O) groups is 1. The van der Waals surface area contributed by atoms with E-state index >= 15 is 0 Å². The Bertz CT molecular complexity index is 1120. The fourth-order valence-electron chi connectivity index (χ4n) is 2.83. The van der Waals surface area contributed by atoms with E-state index in [9.17, 15) is 9.18 Å². The van der Waals surface area contributed by atoms with Crippen molar-refractivity contribution >= 4 is 17.2 Å². The van der Waals surface area contributed by atoms with Crippen LogP contribution in [0.1, 0.15) is 26.5 Å². The summed E-state index contributed by atoms with van der Waals surface area (Å²) in [4.78, 5) is 17.6. The molecule has 8 heteroatoms. The molecule has 0 atom stereocenters. The van der Waals surface area contributed by atoms with Gasteiger partial charge in [-0.15, -0.1) is 16.4 Å². The van der Waals surface area contributed by atoms with Gasteiger partial charge in [0.2, 0.25) is 0 Å². The van der Waals surface area contributed by atoms with Gasteiger partial charge in [-0.25, -0.2) is 14.1 Å². The third-order valence-corrected chi connectivity index (χ3v) is 5.49. The monoisotopic (exact) mass is 407 g/mol. The lowest BCUT2D eigenvalue weighted by molar-refractivity contribution is 0.0954. The van der Waals surface area contributed by atoms with Gasteiger partial charge in [-0.2, -0.15) is 0 Å². The third-order valence-electron chi connectivity index (χ3n) is 4.31. The maximum absolute atomic E-state index is 13.0. The summed E-state index contributed by atoms with van der Waals surface area (Å²) < 4.78 is 14.7. The van der Waals surface area contributed by atoms with Crippen molar-refractivity contribution in [2.45, 2.75) is 20.0 Å². The lowest BCUT2D eigenvalue weighted by Gasteiger charge is -2.03. The standard InChI is InChI=1S/C21H18FN5OS/c1-14-19(20(28)23-11-15-5-3-2-4-6-15)29-21(24-14)18-13-27(26-25-18)12-16-7-9-17(22)10-8-16/h2-10,13H,11-12H2,1H3,(H,23,28). The molecule has 2 heterocycles. The topological polar surface area (TPSA) is 72.7 Å². The minimum atomic E-state index is -0.274. The van der Waals surface area contributed by atoms with E-state index in [1.54, 1.807) is 29.9 Å². The van der Waals surface area contributed by atoms with Crippen LogP contribution in [-0.4, -0.2) is 25.9 Å². The van der Waals surface area contributed by atoms with Crippen molar-refractivity contribution in [3.8, 4) is 10.7 Å². The van der Waals surface area contributed by atoms with Crippen molar-refractivity contribution in [1.29, 1.82) is 0 Å². The summed E-state index contributed by atoms with van der Waals surface area (Å²) in [6, 6.07) is 16.0. The van der Waals surface area contributed by atoms with Crippen LogP contribution in [0.15, 0.2) is 60.8 Å². The van der Waals surface area contributed by atoms with E-state index in [-0.39, 0.29) is 11.7 Å². The van der Waals surface area contributed by atoms with Gasteiger partial charge in [0, 0.05) is 6.54 Å². The van der Waals surface area contributed by atoms with Crippen molar-refractivity contribution in [1.82, 2.24) is 25.3 Å². The van der Waals surface area contributed by atoms with E-state index in [2.05, 4.69) is 20.6 Å². The Hall–Kier alpha value is -3.39. The molecule has 29 heavy (non-hydrogen) atoms. The van der Waals surface area contributed by atoms with Crippen LogP contribution in [0.25, 0.3) is 10.7 Å². The van der Waals surface area contributed by atoms with Gasteiger partial charge in [0.05, 0.1) is 18.4 Å². The molecule has 6 nitrogen and oxygen atoms in total. The fourth-order valence-corrected chi connectivity index (χ4v) is 3.76. The van der Waals surface area contributed by atoms with Gasteiger partial charge in [0.1, 0.15) is 21.4 Å². The molecule has 0 unspecified atom stereocenters. The number of nitrogens with one attached hydrogen (secondary N) is 1. The maximum atomic E-state index is 13.0. The number of rotatable bonds is 6. The average Bonchev–Trinajstić information content (AvgIpc) is 3.35. The molecule has 0 radical (unpaired) electrons. The van der Waals surface area contributed by atoms with Crippen LogP contribution in [0.5, 0.6) is 0 Å². The van der Waals surface area contributed by atoms with Crippen molar-refractivity contribution in [2.24, 2.45) is 0 Å². The maximum Gasteiger partial charge on any atom is 0.263 e. The highest BCUT2D eigenvalue weighted by atomic mass is 32.1. The van der Waals surface area contributed by atoms with E-state index in [0.29, 0.717) is 34.4 Å². The lowest BCUT2D eigenvalue weighted by atomic mass is 10.2. The molecule has 0 aliphatic heterocycles. The molecule has 4 rings (SSSR count). The van der Waals surface area contributed by atoms with Gasteiger partial charge < -0.3 is 5.32 Å². The second kappa shape index (κ2) is 8.32. The Morgan fingerprint density at radius 1 is 1.10 bits per heavy atom. The first-order valence-corrected chi connectivity index (χ1v) is 9.84. The Morgan fingerprint density at radius 2 is 1.86 bits per heavy atom. The zero-order valence-corrected chi connectivity index (χ0v) is 16.5. The number of aromatic nitrogens is 4. The zero-order valence-electron chi connectivity index (χ0n) is 15.7. The summed E-state index contributed by atoms with van der Waals surface area (Å²) in [6.45, 7) is 2.74. The minimum absolute atomic E-state index is 0.159. The van der Waals surface area contributed by atoms with Crippen LogP contribution in [0.3, 0.4) is 0 Å². The summed E-state index contributed by atoms with van der Waals surface area (Å²) in [6.07, 6.45) is 1.77. The summed E-state index contributed by atoms with van der Waals surface area (Å²) in [5.74, 6) is -0.432. The van der Waals surface area contributed by atoms with E-state index in [0.717, 1.165) is 11.1 Å². The number of amides is 1. The number of nitrogens with zero attached hydrogens (tertiary/aromatic N) is 4. The van der Waals surface area contributed by atoms with E-state index in [1.807, 2.05) is 30.3 Å². The predicted molar refractivity (Wildman–Crippen MR) is 109 cm³/mol. The molecule has 0 spiro atoms. The normalized spacial score (nSPS) is 10.8. The van der Waals surface area contributed by atoms with Gasteiger partial charge in [-0.3, -0.25) is 4.79 Å². The molecule has 2 aromatic heterocycles. The Balaban J connectivity index is 1.45. The highest BCUT2D eigenvalue weighted by molar-refractivity contribution is 7.17. The van der Waals surface area contributed by atoms with Crippen LogP contribution >= 0.6 is 11.3 Å². The zero-order chi connectivity index (χ0) is 20.2. The van der Waals surface area contributed by atoms with Crippen LogP contribution in [0, 0.1) is 12.7 Å². The molecule has 4 aromatic rings. The first-order valence-electron chi connectivity index (χ1n) is 9.03. The van der Waals surface area contributed by atoms with Crippen LogP contribution in [-0.2, 0) is 13.1 Å². The molecule has 146 valence electrons. The highest BCUT2D eigenvalue weighted by Crippen LogP contribution is 2.26. The largest absolute Gasteiger partial charge is 0.347 e. The van der Waals surface area contributed by atoms with Gasteiger partial charge in [0.25, 0.3) is 5.91 Å². The van der Waals surface area contributed by atoms with Crippen LogP contribution in [0.4, 0.5) is 4.39 Å². The number of carbonyl (C=O) groups excluding carboxylic acids is 1. The minimum Gasteiger partial charge on any atom is -0.347 e. The van der Waals surface area contributed by atoms with Gasteiger partial charge in [0.15, 0.2) is 0 Å². The molecular formula is C21H18FN5OS. The molecule has 0 fully saturated rings. The number of aryl methyl sites for hydroxylation is 1. The van der Waals surface area contributed by atoms with Gasteiger partial charge in [-0.05, 0) is 30.2 Å². The molecular weight excluding hydrogens is 389 g/mol. The van der Waals surface area contributed by atoms with E-state index in [4.69, 9.17) is 0 Å². The lowest BCUT2D eigenvalue weighted by Crippen LogP contribution is -2.22. The van der Waals surface area contributed by atoms with Gasteiger partial charge >= 0.3 is 0 Å². The fraction of sp³-hybridized carbons (Fsp3) is 0.143. The molecule has 0 aliphatic carbocycles. The Morgan fingerprint density at radius 3 is 2.62 bits per heavy atom. The Kier molecular flexibility index (Phi) is 5.44. The van der Waals surface area contributed by atoms with Gasteiger partial charge in [-0.1, -0.05) is 47.7 Å². The summed E-state index contributed by atoms with van der Waals surface area (Å²) in [5.41, 5.74) is 3.21. The first kappa shape index (κ1) is 18.9. The molecule has 0 saturated carbocycles. The van der Waals surface area contributed by atoms with Crippen molar-refractivity contribution in [3.05, 3.63) is 88.3 Å². The van der Waals surface area contributed by atoms with Crippen LogP contribution in [0.2, 0.25) is 0 Å². The number of hydrogen-bond donors (Lipinski definition) is 1. The molecule has 1 amide bonds. The summed E-state index contributed by atoms with van der Waals surface area (Å²) >= 11 is 1.29. The SMILES string of the molecule is Cc1nc(-c2cn(Cc3ccc(F)cc3)nn2)sc1C(=O)NCc1ccccc1. The predicted octanol–water partition coefficient (Wildman–Crippen LogP) is 3.83. The first-order chi connectivity index (χ1) is 14.1. The average molecular weight is 407 g/mol. The second-order valence-electron chi connectivity index (χ2n) is 6.53. The number of hydrogen-bond acceptors (Lipinski definition) is 5. The molecule has 2 aromatic carbocycles. The number of thiazole rings is 1. The third kappa shape index (κ3) is 4.55. The highest BCUT2D eigenvalue weighted by Gasteiger charge is 2.18. The van der Waals surface area contributed by atoms with Crippen LogP contribution < -0.4 is 5.32 Å². The van der Waals surface area contributed by atoms with Crippen molar-refractivity contribution in [3.63, 3.8) is 0 Å². The molecule has 1 N–H and O–H groups in total. The van der Waals surface area contributed by atoms with Crippen molar-refractivity contribution in [2.75, 3.05) is 0 Å². The Labute approximate surface area is 171 Å². The van der Waals surface area contributed by atoms with E-state index in [1.165, 1.54) is 23.5 Å². The summed E-state index contributed by atoms with van der Waals surface area (Å²) in [7, 11) is 0. The molecule has 0 saturated heterocycles. The molecule has 0 aliphatic rings. The van der Waals surface area contributed by atoms with Crippen molar-refractivity contribution < 1.29 is 9.18 Å². The van der Waals surface area contributed by atoms with E-state index < -0.39 is 0 Å². The smallest absolute Gasteiger partial charge is 0.263 e. The second-order valence-corrected chi connectivity index (χ2v) is 7.53. The quantitative estimate of drug-likeness (QED) is 0.527.